The summed E-state index contributed by atoms with van der Waals surface area (Å²) in [4.78, 5) is 21.3. The van der Waals surface area contributed by atoms with E-state index in [1.54, 1.807) is 12.6 Å². The lowest BCUT2D eigenvalue weighted by Gasteiger charge is -2.22. The van der Waals surface area contributed by atoms with Crippen LogP contribution in [0.3, 0.4) is 0 Å². The Labute approximate surface area is 126 Å². The first kappa shape index (κ1) is 15.6. The van der Waals surface area contributed by atoms with Gasteiger partial charge in [0, 0.05) is 13.5 Å². The molecule has 1 amide bonds. The van der Waals surface area contributed by atoms with E-state index in [2.05, 4.69) is 20.4 Å². The molecule has 0 spiro atoms. The van der Waals surface area contributed by atoms with Crippen molar-refractivity contribution in [1.82, 2.24) is 20.4 Å². The van der Waals surface area contributed by atoms with Gasteiger partial charge in [0.2, 0.25) is 5.89 Å². The van der Waals surface area contributed by atoms with Crippen LogP contribution in [0.4, 0.5) is 0 Å². The Morgan fingerprint density at radius 3 is 2.90 bits per heavy atom. The molecule has 0 radical (unpaired) electrons. The highest BCUT2D eigenvalue weighted by atomic mass is 32.1. The molecule has 114 valence electrons. The quantitative estimate of drug-likeness (QED) is 0.876. The van der Waals surface area contributed by atoms with Crippen molar-refractivity contribution in [2.45, 2.75) is 39.3 Å². The third-order valence-corrected chi connectivity index (χ3v) is 3.75. The summed E-state index contributed by atoms with van der Waals surface area (Å²) in [5, 5.41) is 6.82. The minimum Gasteiger partial charge on any atom is -0.378 e. The predicted molar refractivity (Wildman–Crippen MR) is 77.0 cm³/mol. The Kier molecular flexibility index (Phi) is 4.69. The van der Waals surface area contributed by atoms with Crippen molar-refractivity contribution in [3.05, 3.63) is 27.8 Å². The number of nitrogens with zero attached hydrogens (tertiary/aromatic N) is 3. The first-order chi connectivity index (χ1) is 9.97. The highest BCUT2D eigenvalue weighted by Crippen LogP contribution is 2.20. The number of aromatic nitrogens is 3. The number of aryl methyl sites for hydroxylation is 1. The Morgan fingerprint density at radius 2 is 2.29 bits per heavy atom. The second kappa shape index (κ2) is 6.31. The van der Waals surface area contributed by atoms with E-state index >= 15 is 0 Å². The van der Waals surface area contributed by atoms with Crippen LogP contribution in [0.5, 0.6) is 0 Å². The highest BCUT2D eigenvalue weighted by molar-refractivity contribution is 7.11. The van der Waals surface area contributed by atoms with Crippen LogP contribution in [0.15, 0.2) is 10.0 Å². The Hall–Kier alpha value is -1.80. The fourth-order valence-electron chi connectivity index (χ4n) is 1.74. The van der Waals surface area contributed by atoms with Gasteiger partial charge >= 0.3 is 0 Å². The molecule has 2 heterocycles. The molecule has 0 saturated carbocycles. The summed E-state index contributed by atoms with van der Waals surface area (Å²) in [6, 6.07) is 0. The average molecular weight is 310 g/mol. The molecule has 0 unspecified atom stereocenters. The van der Waals surface area contributed by atoms with E-state index in [-0.39, 0.29) is 5.91 Å². The molecule has 7 nitrogen and oxygen atoms in total. The van der Waals surface area contributed by atoms with Crippen molar-refractivity contribution in [2.75, 3.05) is 7.11 Å². The molecule has 0 aliphatic carbocycles. The van der Waals surface area contributed by atoms with Crippen LogP contribution in [0.2, 0.25) is 0 Å². The van der Waals surface area contributed by atoms with Crippen LogP contribution in [-0.2, 0) is 23.3 Å². The molecule has 0 bridgehead atoms. The summed E-state index contributed by atoms with van der Waals surface area (Å²) in [5.41, 5.74) is 1.51. The van der Waals surface area contributed by atoms with E-state index in [1.807, 2.05) is 20.8 Å². The minimum absolute atomic E-state index is 0.225. The van der Waals surface area contributed by atoms with Crippen LogP contribution in [0.1, 0.15) is 47.9 Å². The number of hydrogen-bond donors (Lipinski definition) is 1. The normalized spacial score (nSPS) is 11.6. The molecular weight excluding hydrogens is 292 g/mol. The van der Waals surface area contributed by atoms with Gasteiger partial charge in [-0.2, -0.15) is 4.98 Å². The number of thiazole rings is 1. The van der Waals surface area contributed by atoms with E-state index in [9.17, 15) is 4.79 Å². The summed E-state index contributed by atoms with van der Waals surface area (Å²) >= 11 is 1.28. The monoisotopic (exact) mass is 310 g/mol. The zero-order valence-electron chi connectivity index (χ0n) is 12.5. The van der Waals surface area contributed by atoms with E-state index < -0.39 is 5.54 Å². The molecule has 0 atom stereocenters. The second-order valence-electron chi connectivity index (χ2n) is 5.01. The topological polar surface area (TPSA) is 90.1 Å². The van der Waals surface area contributed by atoms with Crippen LogP contribution in [0, 0.1) is 0 Å². The van der Waals surface area contributed by atoms with Gasteiger partial charge in [-0.1, -0.05) is 12.1 Å². The lowest BCUT2D eigenvalue weighted by molar-refractivity contribution is 0.0906. The Bertz CT molecular complexity index is 620. The maximum Gasteiger partial charge on any atom is 0.264 e. The van der Waals surface area contributed by atoms with Gasteiger partial charge in [0.05, 0.1) is 23.4 Å². The SMILES string of the molecule is CCc1nc(C(C)(C)NC(=O)c2scnc2COC)no1. The zero-order valence-corrected chi connectivity index (χ0v) is 13.3. The third kappa shape index (κ3) is 3.45. The van der Waals surface area contributed by atoms with Crippen molar-refractivity contribution in [2.24, 2.45) is 0 Å². The number of amides is 1. The van der Waals surface area contributed by atoms with Gasteiger partial charge in [0.25, 0.3) is 5.91 Å². The summed E-state index contributed by atoms with van der Waals surface area (Å²) in [5.74, 6) is 0.771. The fourth-order valence-corrected chi connectivity index (χ4v) is 2.43. The van der Waals surface area contributed by atoms with Crippen molar-refractivity contribution in [1.29, 1.82) is 0 Å². The molecular formula is C13H18N4O3S. The van der Waals surface area contributed by atoms with Crippen molar-refractivity contribution in [3.8, 4) is 0 Å². The number of carbonyl (C=O) groups excluding carboxylic acids is 1. The lowest BCUT2D eigenvalue weighted by atomic mass is 10.0. The molecule has 0 aliphatic heterocycles. The van der Waals surface area contributed by atoms with Crippen LogP contribution in [0.25, 0.3) is 0 Å². The number of carbonyl (C=O) groups is 1. The van der Waals surface area contributed by atoms with Crippen LogP contribution < -0.4 is 5.32 Å². The van der Waals surface area contributed by atoms with Crippen LogP contribution >= 0.6 is 11.3 Å². The average Bonchev–Trinajstić information content (AvgIpc) is 3.07. The van der Waals surface area contributed by atoms with Gasteiger partial charge in [-0.25, -0.2) is 4.98 Å². The molecule has 21 heavy (non-hydrogen) atoms. The number of hydrogen-bond acceptors (Lipinski definition) is 7. The Morgan fingerprint density at radius 1 is 1.52 bits per heavy atom. The number of rotatable bonds is 6. The minimum atomic E-state index is -0.734. The lowest BCUT2D eigenvalue weighted by Crippen LogP contribution is -2.42. The van der Waals surface area contributed by atoms with E-state index in [1.165, 1.54) is 11.3 Å². The number of nitrogens with one attached hydrogen (secondary N) is 1. The van der Waals surface area contributed by atoms with E-state index in [4.69, 9.17) is 9.26 Å². The van der Waals surface area contributed by atoms with Gasteiger partial charge in [-0.05, 0) is 13.8 Å². The van der Waals surface area contributed by atoms with E-state index in [0.29, 0.717) is 35.3 Å². The first-order valence-corrected chi connectivity index (χ1v) is 7.42. The molecule has 2 rings (SSSR count). The molecule has 0 saturated heterocycles. The largest absolute Gasteiger partial charge is 0.378 e. The summed E-state index contributed by atoms with van der Waals surface area (Å²) in [6.45, 7) is 5.88. The molecule has 0 aliphatic rings. The number of methoxy groups -OCH3 is 1. The molecule has 0 aromatic carbocycles. The maximum atomic E-state index is 12.4. The van der Waals surface area contributed by atoms with Crippen molar-refractivity contribution in [3.63, 3.8) is 0 Å². The fraction of sp³-hybridized carbons (Fsp3) is 0.538. The maximum absolute atomic E-state index is 12.4. The molecule has 1 N–H and O–H groups in total. The van der Waals surface area contributed by atoms with Crippen molar-refractivity contribution < 1.29 is 14.1 Å². The summed E-state index contributed by atoms with van der Waals surface area (Å²) in [7, 11) is 1.57. The number of ether oxygens (including phenoxy) is 1. The smallest absolute Gasteiger partial charge is 0.264 e. The zero-order chi connectivity index (χ0) is 15.5. The summed E-state index contributed by atoms with van der Waals surface area (Å²) in [6.07, 6.45) is 0.657. The molecule has 0 fully saturated rings. The van der Waals surface area contributed by atoms with Crippen LogP contribution in [-0.4, -0.2) is 28.1 Å². The molecule has 2 aromatic rings. The standard InChI is InChI=1S/C13H18N4O3S/c1-5-9-15-12(17-20-9)13(2,3)16-11(18)10-8(6-19-4)14-7-21-10/h7H,5-6H2,1-4H3,(H,16,18). The van der Waals surface area contributed by atoms with Gasteiger partial charge in [-0.3, -0.25) is 4.79 Å². The molecule has 2 aromatic heterocycles. The van der Waals surface area contributed by atoms with Gasteiger partial charge in [-0.15, -0.1) is 11.3 Å². The third-order valence-electron chi connectivity index (χ3n) is 2.88. The first-order valence-electron chi connectivity index (χ1n) is 6.54. The second-order valence-corrected chi connectivity index (χ2v) is 5.86. The molecule has 8 heteroatoms. The highest BCUT2D eigenvalue weighted by Gasteiger charge is 2.30. The summed E-state index contributed by atoms with van der Waals surface area (Å²) < 4.78 is 10.1. The predicted octanol–water partition coefficient (Wildman–Crippen LogP) is 1.90. The van der Waals surface area contributed by atoms with Gasteiger partial charge in [0.1, 0.15) is 4.88 Å². The van der Waals surface area contributed by atoms with E-state index in [0.717, 1.165) is 0 Å². The van der Waals surface area contributed by atoms with Crippen molar-refractivity contribution >= 4 is 17.2 Å². The van der Waals surface area contributed by atoms with Gasteiger partial charge in [0.15, 0.2) is 5.82 Å². The van der Waals surface area contributed by atoms with Gasteiger partial charge < -0.3 is 14.6 Å². The Balaban J connectivity index is 2.15.